The zero-order valence-electron chi connectivity index (χ0n) is 12.9. The lowest BCUT2D eigenvalue weighted by Gasteiger charge is -2.45. The first-order valence-corrected chi connectivity index (χ1v) is 7.87. The van der Waals surface area contributed by atoms with Gasteiger partial charge in [0.25, 0.3) is 5.69 Å². The number of carbonyl (C=O) groups excluding carboxylic acids is 1. The topological polar surface area (TPSA) is 69.4 Å². The van der Waals surface area contributed by atoms with Crippen LogP contribution in [0.3, 0.4) is 0 Å². The largest absolute Gasteiger partial charge is 0.450 e. The average molecular weight is 313 g/mol. The number of carbonyl (C=O) groups is 1. The van der Waals surface area contributed by atoms with Crippen molar-refractivity contribution in [3.8, 4) is 0 Å². The van der Waals surface area contributed by atoms with Crippen molar-refractivity contribution in [2.75, 3.05) is 0 Å². The summed E-state index contributed by atoms with van der Waals surface area (Å²) in [6, 6.07) is 5.52. The third kappa shape index (κ3) is 2.79. The molecule has 1 aromatic carbocycles. The van der Waals surface area contributed by atoms with Crippen LogP contribution >= 0.6 is 0 Å². The summed E-state index contributed by atoms with van der Waals surface area (Å²) in [7, 11) is 0. The summed E-state index contributed by atoms with van der Waals surface area (Å²) in [5.74, 6) is -0.168. The summed E-state index contributed by atoms with van der Waals surface area (Å²) in [4.78, 5) is 22.7. The van der Waals surface area contributed by atoms with E-state index in [1.807, 2.05) is 6.08 Å². The Morgan fingerprint density at radius 2 is 2.04 bits per heavy atom. The molecule has 5 heteroatoms. The zero-order chi connectivity index (χ0) is 16.4. The zero-order valence-corrected chi connectivity index (χ0v) is 12.9. The van der Waals surface area contributed by atoms with Crippen molar-refractivity contribution in [2.45, 2.75) is 37.7 Å². The minimum Gasteiger partial charge on any atom is -0.450 e. The lowest BCUT2D eigenvalue weighted by molar-refractivity contribution is -0.384. The van der Waals surface area contributed by atoms with Crippen molar-refractivity contribution >= 4 is 11.7 Å². The molecule has 3 rings (SSSR count). The number of rotatable bonds is 3. The van der Waals surface area contributed by atoms with E-state index in [9.17, 15) is 14.9 Å². The summed E-state index contributed by atoms with van der Waals surface area (Å²) < 4.78 is 5.92. The normalized spacial score (nSPS) is 26.4. The summed E-state index contributed by atoms with van der Waals surface area (Å²) in [6.07, 6.45) is 8.91. The van der Waals surface area contributed by atoms with Crippen LogP contribution in [-0.2, 0) is 4.74 Å². The van der Waals surface area contributed by atoms with Gasteiger partial charge < -0.3 is 4.74 Å². The number of hydrogen-bond acceptors (Lipinski definition) is 4. The molecule has 0 saturated heterocycles. The molecule has 1 aromatic rings. The first-order valence-electron chi connectivity index (χ1n) is 7.87. The number of nitrogens with zero attached hydrogens (tertiary/aromatic N) is 1. The van der Waals surface area contributed by atoms with Crippen molar-refractivity contribution in [2.24, 2.45) is 5.92 Å². The molecular formula is C18H19NO4. The Bertz CT molecular complexity index is 677. The first kappa shape index (κ1) is 15.5. The van der Waals surface area contributed by atoms with Gasteiger partial charge in [0.05, 0.1) is 10.5 Å². The highest BCUT2D eigenvalue weighted by atomic mass is 16.6. The molecule has 0 radical (unpaired) electrons. The highest BCUT2D eigenvalue weighted by Gasteiger charge is 2.46. The van der Waals surface area contributed by atoms with Gasteiger partial charge in [0, 0.05) is 18.1 Å². The van der Waals surface area contributed by atoms with Gasteiger partial charge in [-0.1, -0.05) is 25.2 Å². The number of esters is 1. The van der Waals surface area contributed by atoms with Crippen LogP contribution in [0.5, 0.6) is 0 Å². The summed E-state index contributed by atoms with van der Waals surface area (Å²) in [6.45, 7) is 4.10. The van der Waals surface area contributed by atoms with E-state index in [-0.39, 0.29) is 11.6 Å². The van der Waals surface area contributed by atoms with Crippen molar-refractivity contribution in [3.05, 3.63) is 64.2 Å². The molecule has 120 valence electrons. The predicted molar refractivity (Wildman–Crippen MR) is 86.1 cm³/mol. The van der Waals surface area contributed by atoms with Crippen molar-refractivity contribution in [3.63, 3.8) is 0 Å². The highest BCUT2D eigenvalue weighted by molar-refractivity contribution is 5.90. The van der Waals surface area contributed by atoms with Crippen molar-refractivity contribution in [1.82, 2.24) is 0 Å². The quantitative estimate of drug-likeness (QED) is 0.476. The van der Waals surface area contributed by atoms with E-state index in [1.165, 1.54) is 24.3 Å². The molecule has 0 amide bonds. The fourth-order valence-corrected chi connectivity index (χ4v) is 3.61. The Labute approximate surface area is 134 Å². The lowest BCUT2D eigenvalue weighted by Crippen LogP contribution is -2.47. The fourth-order valence-electron chi connectivity index (χ4n) is 3.61. The number of nitro benzene ring substituents is 1. The maximum Gasteiger partial charge on any atom is 0.339 e. The third-order valence-electron chi connectivity index (χ3n) is 4.88. The summed E-state index contributed by atoms with van der Waals surface area (Å²) >= 11 is 0. The van der Waals surface area contributed by atoms with Gasteiger partial charge in [0.2, 0.25) is 0 Å². The molecule has 2 aliphatic carbocycles. The van der Waals surface area contributed by atoms with Gasteiger partial charge in [-0.25, -0.2) is 4.79 Å². The van der Waals surface area contributed by atoms with E-state index in [4.69, 9.17) is 4.74 Å². The molecule has 23 heavy (non-hydrogen) atoms. The molecule has 0 N–H and O–H groups in total. The molecule has 0 spiro atoms. The third-order valence-corrected chi connectivity index (χ3v) is 4.88. The maximum atomic E-state index is 12.5. The molecule has 1 fully saturated rings. The van der Waals surface area contributed by atoms with Crippen LogP contribution in [0.25, 0.3) is 0 Å². The van der Waals surface area contributed by atoms with E-state index in [0.717, 1.165) is 37.7 Å². The number of hydrogen-bond donors (Lipinski definition) is 0. The molecule has 0 unspecified atom stereocenters. The minimum atomic E-state index is -0.619. The van der Waals surface area contributed by atoms with Crippen LogP contribution in [0.2, 0.25) is 0 Å². The van der Waals surface area contributed by atoms with Crippen LogP contribution in [0.4, 0.5) is 5.69 Å². The smallest absolute Gasteiger partial charge is 0.339 e. The van der Waals surface area contributed by atoms with Gasteiger partial charge >= 0.3 is 5.97 Å². The van der Waals surface area contributed by atoms with Gasteiger partial charge in [-0.2, -0.15) is 0 Å². The van der Waals surface area contributed by atoms with E-state index in [2.05, 4.69) is 12.7 Å². The van der Waals surface area contributed by atoms with Crippen molar-refractivity contribution < 1.29 is 14.5 Å². The number of nitro groups is 1. The minimum absolute atomic E-state index is 0.0414. The second kappa shape index (κ2) is 5.99. The van der Waals surface area contributed by atoms with Gasteiger partial charge in [0.15, 0.2) is 0 Å². The molecule has 5 nitrogen and oxygen atoms in total. The maximum absolute atomic E-state index is 12.5. The second-order valence-corrected chi connectivity index (χ2v) is 6.19. The standard InChI is InChI=1S/C18H19NO4/c1-13-5-4-7-15-6-2-3-12-18(13,15)23-17(20)14-8-10-16(11-9-14)19(21)22/h4-5,8-11,15H,1-3,6-7,12H2/t15-,18+/m1/s1. The second-order valence-electron chi connectivity index (χ2n) is 6.19. The molecule has 2 aliphatic rings. The fraction of sp³-hybridized carbons (Fsp3) is 0.389. The average Bonchev–Trinajstić information content (AvgIpc) is 2.56. The van der Waals surface area contributed by atoms with E-state index < -0.39 is 16.5 Å². The first-order chi connectivity index (χ1) is 11.0. The van der Waals surface area contributed by atoms with Gasteiger partial charge in [-0.05, 0) is 43.4 Å². The number of non-ortho nitro benzene ring substituents is 1. The van der Waals surface area contributed by atoms with Gasteiger partial charge in [-0.3, -0.25) is 10.1 Å². The number of ether oxygens (including phenoxy) is 1. The summed E-state index contributed by atoms with van der Waals surface area (Å²) in [5, 5.41) is 10.7. The van der Waals surface area contributed by atoms with Gasteiger partial charge in [0.1, 0.15) is 5.60 Å². The van der Waals surface area contributed by atoms with Crippen LogP contribution in [0.15, 0.2) is 48.6 Å². The van der Waals surface area contributed by atoms with E-state index in [0.29, 0.717) is 5.56 Å². The number of fused-ring (bicyclic) bond motifs is 1. The number of allylic oxidation sites excluding steroid dienone is 1. The highest BCUT2D eigenvalue weighted by Crippen LogP contribution is 2.46. The van der Waals surface area contributed by atoms with Crippen LogP contribution in [-0.4, -0.2) is 16.5 Å². The monoisotopic (exact) mass is 313 g/mol. The molecule has 2 atom stereocenters. The van der Waals surface area contributed by atoms with Gasteiger partial charge in [-0.15, -0.1) is 0 Å². The Hall–Kier alpha value is -2.43. The molecule has 0 heterocycles. The Balaban J connectivity index is 1.83. The molecular weight excluding hydrogens is 294 g/mol. The van der Waals surface area contributed by atoms with Crippen LogP contribution in [0.1, 0.15) is 42.5 Å². The Morgan fingerprint density at radius 3 is 2.74 bits per heavy atom. The molecule has 0 aliphatic heterocycles. The van der Waals surface area contributed by atoms with Crippen LogP contribution in [0, 0.1) is 16.0 Å². The van der Waals surface area contributed by atoms with E-state index in [1.54, 1.807) is 0 Å². The van der Waals surface area contributed by atoms with Crippen LogP contribution < -0.4 is 0 Å². The molecule has 0 aromatic heterocycles. The SMILES string of the molecule is C=C1C=CC[C@H]2CCCC[C@]12OC(=O)c1ccc([N+](=O)[O-])cc1. The van der Waals surface area contributed by atoms with Crippen molar-refractivity contribution in [1.29, 1.82) is 0 Å². The lowest BCUT2D eigenvalue weighted by atomic mass is 9.67. The summed E-state index contributed by atoms with van der Waals surface area (Å²) in [5.41, 5.74) is 0.520. The Morgan fingerprint density at radius 1 is 1.30 bits per heavy atom. The molecule has 1 saturated carbocycles. The molecule has 0 bridgehead atoms. The van der Waals surface area contributed by atoms with E-state index >= 15 is 0 Å². The number of benzene rings is 1. The Kier molecular flexibility index (Phi) is 4.03. The predicted octanol–water partition coefficient (Wildman–Crippen LogP) is 4.20.